The SMILES string of the molecule is CN1CCCN(S(=O)(=O)c2ccc(CCl)cc2F)CC1. The second kappa shape index (κ2) is 6.39. The molecule has 0 N–H and O–H groups in total. The number of benzene rings is 1. The van der Waals surface area contributed by atoms with Gasteiger partial charge in [-0.1, -0.05) is 6.07 Å². The Bertz CT molecular complexity index is 580. The van der Waals surface area contributed by atoms with Crippen molar-refractivity contribution in [1.29, 1.82) is 0 Å². The zero-order valence-electron chi connectivity index (χ0n) is 11.3. The summed E-state index contributed by atoms with van der Waals surface area (Å²) in [5.41, 5.74) is 0.568. The van der Waals surface area contributed by atoms with Gasteiger partial charge in [0.2, 0.25) is 10.0 Å². The average Bonchev–Trinajstić information content (AvgIpc) is 2.63. The molecular weight excluding hydrogens is 303 g/mol. The van der Waals surface area contributed by atoms with Gasteiger partial charge in [0.25, 0.3) is 0 Å². The van der Waals surface area contributed by atoms with Crippen LogP contribution in [0.15, 0.2) is 23.1 Å². The Hall–Kier alpha value is -0.690. The molecule has 0 spiro atoms. The number of rotatable bonds is 3. The van der Waals surface area contributed by atoms with Crippen molar-refractivity contribution in [2.24, 2.45) is 0 Å². The van der Waals surface area contributed by atoms with Crippen molar-refractivity contribution < 1.29 is 12.8 Å². The second-order valence-electron chi connectivity index (χ2n) is 4.96. The minimum atomic E-state index is -3.78. The Balaban J connectivity index is 2.30. The Morgan fingerprint density at radius 3 is 2.65 bits per heavy atom. The van der Waals surface area contributed by atoms with Crippen molar-refractivity contribution in [3.8, 4) is 0 Å². The Kier molecular flexibility index (Phi) is 5.01. The molecule has 0 amide bonds. The van der Waals surface area contributed by atoms with Crippen molar-refractivity contribution in [2.75, 3.05) is 33.2 Å². The topological polar surface area (TPSA) is 40.6 Å². The normalized spacial score (nSPS) is 18.9. The maximum Gasteiger partial charge on any atom is 0.246 e. The molecule has 1 aliphatic heterocycles. The van der Waals surface area contributed by atoms with Crippen molar-refractivity contribution in [1.82, 2.24) is 9.21 Å². The van der Waals surface area contributed by atoms with Crippen LogP contribution in [0.3, 0.4) is 0 Å². The van der Waals surface area contributed by atoms with Crippen LogP contribution in [0.25, 0.3) is 0 Å². The molecule has 4 nitrogen and oxygen atoms in total. The van der Waals surface area contributed by atoms with E-state index in [-0.39, 0.29) is 10.8 Å². The molecule has 1 heterocycles. The Morgan fingerprint density at radius 2 is 2.00 bits per heavy atom. The fraction of sp³-hybridized carbons (Fsp3) is 0.538. The fourth-order valence-electron chi connectivity index (χ4n) is 2.24. The van der Waals surface area contributed by atoms with Crippen LogP contribution in [0.4, 0.5) is 4.39 Å². The van der Waals surface area contributed by atoms with E-state index in [1.807, 2.05) is 7.05 Å². The molecule has 1 saturated heterocycles. The number of sulfonamides is 1. The standard InChI is InChI=1S/C13H18ClFN2O2S/c1-16-5-2-6-17(8-7-16)20(18,19)13-4-3-11(10-14)9-12(13)15/h3-4,9H,2,5-8,10H2,1H3. The predicted octanol–water partition coefficient (Wildman–Crippen LogP) is 1.89. The predicted molar refractivity (Wildman–Crippen MR) is 76.8 cm³/mol. The van der Waals surface area contributed by atoms with Crippen LogP contribution in [0.5, 0.6) is 0 Å². The van der Waals surface area contributed by atoms with Gasteiger partial charge in [0.15, 0.2) is 0 Å². The van der Waals surface area contributed by atoms with E-state index >= 15 is 0 Å². The lowest BCUT2D eigenvalue weighted by atomic mass is 10.2. The Morgan fingerprint density at radius 1 is 1.25 bits per heavy atom. The minimum absolute atomic E-state index is 0.158. The molecule has 2 rings (SSSR count). The molecule has 0 radical (unpaired) electrons. The molecule has 20 heavy (non-hydrogen) atoms. The third-order valence-corrected chi connectivity index (χ3v) is 5.69. The molecule has 0 atom stereocenters. The molecule has 0 aliphatic carbocycles. The quantitative estimate of drug-likeness (QED) is 0.799. The maximum absolute atomic E-state index is 14.0. The van der Waals surface area contributed by atoms with Crippen LogP contribution in [0, 0.1) is 5.82 Å². The first-order valence-corrected chi connectivity index (χ1v) is 8.45. The van der Waals surface area contributed by atoms with Crippen molar-refractivity contribution in [3.63, 3.8) is 0 Å². The van der Waals surface area contributed by atoms with Crippen LogP contribution in [-0.4, -0.2) is 50.8 Å². The second-order valence-corrected chi connectivity index (χ2v) is 7.13. The van der Waals surface area contributed by atoms with Crippen LogP contribution in [0.1, 0.15) is 12.0 Å². The summed E-state index contributed by atoms with van der Waals surface area (Å²) >= 11 is 5.62. The van der Waals surface area contributed by atoms with E-state index in [4.69, 9.17) is 11.6 Å². The molecule has 0 aromatic heterocycles. The largest absolute Gasteiger partial charge is 0.305 e. The van der Waals surface area contributed by atoms with Crippen LogP contribution in [0.2, 0.25) is 0 Å². The highest BCUT2D eigenvalue weighted by Gasteiger charge is 2.28. The molecular formula is C13H18ClFN2O2S. The smallest absolute Gasteiger partial charge is 0.246 e. The van der Waals surface area contributed by atoms with E-state index in [1.165, 1.54) is 16.4 Å². The van der Waals surface area contributed by atoms with Gasteiger partial charge in [-0.05, 0) is 37.7 Å². The van der Waals surface area contributed by atoms with E-state index < -0.39 is 15.8 Å². The molecule has 1 aromatic carbocycles. The first-order chi connectivity index (χ1) is 9.45. The van der Waals surface area contributed by atoms with Gasteiger partial charge in [-0.15, -0.1) is 11.6 Å². The number of nitrogens with zero attached hydrogens (tertiary/aromatic N) is 2. The lowest BCUT2D eigenvalue weighted by Crippen LogP contribution is -2.35. The zero-order chi connectivity index (χ0) is 14.8. The summed E-state index contributed by atoms with van der Waals surface area (Å²) in [5, 5.41) is 0. The molecule has 1 aromatic rings. The molecule has 112 valence electrons. The lowest BCUT2D eigenvalue weighted by molar-refractivity contribution is 0.347. The summed E-state index contributed by atoms with van der Waals surface area (Å²) < 4.78 is 40.4. The molecule has 0 unspecified atom stereocenters. The molecule has 1 aliphatic rings. The summed E-state index contributed by atoms with van der Waals surface area (Å²) in [7, 11) is -1.83. The van der Waals surface area contributed by atoms with Gasteiger partial charge in [-0.2, -0.15) is 4.31 Å². The minimum Gasteiger partial charge on any atom is -0.305 e. The first kappa shape index (κ1) is 15.7. The number of alkyl halides is 1. The van der Waals surface area contributed by atoms with Gasteiger partial charge in [0, 0.05) is 25.5 Å². The van der Waals surface area contributed by atoms with Crippen molar-refractivity contribution in [2.45, 2.75) is 17.2 Å². The molecule has 0 bridgehead atoms. The summed E-state index contributed by atoms with van der Waals surface area (Å²) in [4.78, 5) is 1.80. The number of hydrogen-bond donors (Lipinski definition) is 0. The van der Waals surface area contributed by atoms with Crippen LogP contribution in [-0.2, 0) is 15.9 Å². The van der Waals surface area contributed by atoms with Gasteiger partial charge in [-0.25, -0.2) is 12.8 Å². The Labute approximate surface area is 124 Å². The summed E-state index contributed by atoms with van der Waals surface area (Å²) in [6, 6.07) is 4.04. The monoisotopic (exact) mass is 320 g/mol. The van der Waals surface area contributed by atoms with Gasteiger partial charge in [0.1, 0.15) is 10.7 Å². The maximum atomic E-state index is 14.0. The number of hydrogen-bond acceptors (Lipinski definition) is 3. The van der Waals surface area contributed by atoms with Gasteiger partial charge in [-0.3, -0.25) is 0 Å². The zero-order valence-corrected chi connectivity index (χ0v) is 12.9. The van der Waals surface area contributed by atoms with E-state index in [1.54, 1.807) is 6.07 Å². The fourth-order valence-corrected chi connectivity index (χ4v) is 3.92. The van der Waals surface area contributed by atoms with Crippen molar-refractivity contribution >= 4 is 21.6 Å². The van der Waals surface area contributed by atoms with Gasteiger partial charge >= 0.3 is 0 Å². The molecule has 7 heteroatoms. The summed E-state index contributed by atoms with van der Waals surface area (Å²) in [5.74, 6) is -0.577. The highest BCUT2D eigenvalue weighted by molar-refractivity contribution is 7.89. The third kappa shape index (κ3) is 3.31. The van der Waals surface area contributed by atoms with Gasteiger partial charge in [0.05, 0.1) is 0 Å². The third-order valence-electron chi connectivity index (χ3n) is 3.45. The van der Waals surface area contributed by atoms with E-state index in [0.717, 1.165) is 13.0 Å². The summed E-state index contributed by atoms with van der Waals surface area (Å²) in [6.07, 6.45) is 0.747. The van der Waals surface area contributed by atoms with Crippen molar-refractivity contribution in [3.05, 3.63) is 29.6 Å². The highest BCUT2D eigenvalue weighted by Crippen LogP contribution is 2.22. The molecule has 0 saturated carbocycles. The molecule has 1 fully saturated rings. The average molecular weight is 321 g/mol. The van der Waals surface area contributed by atoms with Gasteiger partial charge < -0.3 is 4.90 Å². The van der Waals surface area contributed by atoms with Crippen LogP contribution < -0.4 is 0 Å². The lowest BCUT2D eigenvalue weighted by Gasteiger charge is -2.20. The number of halogens is 2. The van der Waals surface area contributed by atoms with E-state index in [0.29, 0.717) is 25.2 Å². The van der Waals surface area contributed by atoms with E-state index in [9.17, 15) is 12.8 Å². The van der Waals surface area contributed by atoms with Crippen LogP contribution >= 0.6 is 11.6 Å². The first-order valence-electron chi connectivity index (χ1n) is 6.48. The highest BCUT2D eigenvalue weighted by atomic mass is 35.5. The summed E-state index contributed by atoms with van der Waals surface area (Å²) in [6.45, 7) is 2.30. The number of likely N-dealkylation sites (N-methyl/N-ethyl adjacent to an activating group) is 1. The van der Waals surface area contributed by atoms with E-state index in [2.05, 4.69) is 4.90 Å².